The van der Waals surface area contributed by atoms with E-state index < -0.39 is 0 Å². The van der Waals surface area contributed by atoms with E-state index in [0.29, 0.717) is 13.0 Å². The highest BCUT2D eigenvalue weighted by molar-refractivity contribution is 5.85. The monoisotopic (exact) mass is 257 g/mol. The first-order valence-corrected chi connectivity index (χ1v) is 5.52. The molecule has 1 heterocycles. The van der Waals surface area contributed by atoms with E-state index in [-0.39, 0.29) is 24.4 Å². The lowest BCUT2D eigenvalue weighted by Crippen LogP contribution is -2.29. The van der Waals surface area contributed by atoms with Crippen LogP contribution in [-0.4, -0.2) is 29.4 Å². The van der Waals surface area contributed by atoms with Gasteiger partial charge in [-0.3, -0.25) is 9.78 Å². The van der Waals surface area contributed by atoms with Gasteiger partial charge in [0.25, 0.3) is 0 Å². The van der Waals surface area contributed by atoms with E-state index in [2.05, 4.69) is 4.98 Å². The summed E-state index contributed by atoms with van der Waals surface area (Å²) in [5.41, 5.74) is 6.48. The molecule has 4 nitrogen and oxygen atoms in total. The van der Waals surface area contributed by atoms with Gasteiger partial charge in [0.2, 0.25) is 5.91 Å². The first-order chi connectivity index (χ1) is 7.66. The van der Waals surface area contributed by atoms with Crippen LogP contribution in [0.2, 0.25) is 0 Å². The second-order valence-corrected chi connectivity index (χ2v) is 3.85. The fraction of sp³-hybridized carbons (Fsp3) is 0.500. The Morgan fingerprint density at radius 2 is 2.06 bits per heavy atom. The molecule has 0 fully saturated rings. The van der Waals surface area contributed by atoms with Gasteiger partial charge in [0.1, 0.15) is 0 Å². The summed E-state index contributed by atoms with van der Waals surface area (Å²) in [6, 6.07) is 3.93. The lowest BCUT2D eigenvalue weighted by Gasteiger charge is -2.25. The third kappa shape index (κ3) is 4.71. The fourth-order valence-electron chi connectivity index (χ4n) is 1.51. The molecular weight excluding hydrogens is 238 g/mol. The lowest BCUT2D eigenvalue weighted by molar-refractivity contribution is -0.131. The zero-order valence-corrected chi connectivity index (χ0v) is 11.1. The van der Waals surface area contributed by atoms with Gasteiger partial charge in [0, 0.05) is 25.9 Å². The van der Waals surface area contributed by atoms with Gasteiger partial charge < -0.3 is 10.6 Å². The van der Waals surface area contributed by atoms with Crippen LogP contribution in [-0.2, 0) is 4.79 Å². The van der Waals surface area contributed by atoms with Crippen molar-refractivity contribution >= 4 is 18.3 Å². The largest absolute Gasteiger partial charge is 0.339 e. The summed E-state index contributed by atoms with van der Waals surface area (Å²) < 4.78 is 0. The maximum atomic E-state index is 11.8. The number of halogens is 1. The summed E-state index contributed by atoms with van der Waals surface area (Å²) in [6.07, 6.45) is 4.74. The zero-order valence-electron chi connectivity index (χ0n) is 10.3. The van der Waals surface area contributed by atoms with Crippen molar-refractivity contribution in [1.82, 2.24) is 9.88 Å². The van der Waals surface area contributed by atoms with Crippen LogP contribution in [0, 0.1) is 0 Å². The van der Waals surface area contributed by atoms with Gasteiger partial charge in [-0.1, -0.05) is 0 Å². The fourth-order valence-corrected chi connectivity index (χ4v) is 1.51. The van der Waals surface area contributed by atoms with E-state index in [0.717, 1.165) is 12.0 Å². The molecule has 0 aliphatic carbocycles. The van der Waals surface area contributed by atoms with Gasteiger partial charge in [0.15, 0.2) is 0 Å². The van der Waals surface area contributed by atoms with Crippen LogP contribution in [0.5, 0.6) is 0 Å². The molecule has 0 aliphatic rings. The summed E-state index contributed by atoms with van der Waals surface area (Å²) in [4.78, 5) is 17.5. The molecule has 1 atom stereocenters. The first kappa shape index (κ1) is 15.9. The van der Waals surface area contributed by atoms with Crippen molar-refractivity contribution in [1.29, 1.82) is 0 Å². The molecule has 2 N–H and O–H groups in total. The topological polar surface area (TPSA) is 59.2 Å². The summed E-state index contributed by atoms with van der Waals surface area (Å²) >= 11 is 0. The minimum atomic E-state index is 0. The van der Waals surface area contributed by atoms with Crippen molar-refractivity contribution in [3.63, 3.8) is 0 Å². The minimum absolute atomic E-state index is 0. The molecule has 0 radical (unpaired) electrons. The average molecular weight is 258 g/mol. The van der Waals surface area contributed by atoms with Crippen LogP contribution in [0.25, 0.3) is 0 Å². The van der Waals surface area contributed by atoms with Crippen molar-refractivity contribution < 1.29 is 4.79 Å². The second-order valence-electron chi connectivity index (χ2n) is 3.85. The molecule has 1 amide bonds. The first-order valence-electron chi connectivity index (χ1n) is 5.52. The average Bonchev–Trinajstić information content (AvgIpc) is 2.35. The van der Waals surface area contributed by atoms with Crippen LogP contribution in [0.1, 0.15) is 31.4 Å². The molecule has 0 aromatic carbocycles. The highest BCUT2D eigenvalue weighted by Crippen LogP contribution is 2.18. The number of carbonyl (C=O) groups is 1. The van der Waals surface area contributed by atoms with Crippen molar-refractivity contribution in [2.45, 2.75) is 25.8 Å². The van der Waals surface area contributed by atoms with Gasteiger partial charge in [-0.05, 0) is 37.6 Å². The summed E-state index contributed by atoms with van der Waals surface area (Å²) in [5.74, 6) is 0.134. The number of aromatic nitrogens is 1. The van der Waals surface area contributed by atoms with Gasteiger partial charge >= 0.3 is 0 Å². The molecule has 0 bridgehead atoms. The van der Waals surface area contributed by atoms with Crippen molar-refractivity contribution in [3.05, 3.63) is 30.1 Å². The number of carbonyl (C=O) groups excluding carboxylic acids is 1. The Morgan fingerprint density at radius 3 is 2.59 bits per heavy atom. The van der Waals surface area contributed by atoms with E-state index in [1.165, 1.54) is 0 Å². The zero-order chi connectivity index (χ0) is 12.0. The molecule has 0 saturated carbocycles. The Labute approximate surface area is 109 Å². The van der Waals surface area contributed by atoms with Crippen molar-refractivity contribution in [3.8, 4) is 0 Å². The summed E-state index contributed by atoms with van der Waals surface area (Å²) in [5, 5.41) is 0. The number of pyridine rings is 1. The number of rotatable bonds is 5. The van der Waals surface area contributed by atoms with E-state index in [4.69, 9.17) is 5.73 Å². The van der Waals surface area contributed by atoms with Crippen molar-refractivity contribution in [2.75, 3.05) is 13.6 Å². The number of nitrogens with zero attached hydrogens (tertiary/aromatic N) is 2. The molecule has 17 heavy (non-hydrogen) atoms. The van der Waals surface area contributed by atoms with E-state index >= 15 is 0 Å². The molecular formula is C12H20ClN3O. The number of hydrogen-bond acceptors (Lipinski definition) is 3. The number of hydrogen-bond donors (Lipinski definition) is 1. The van der Waals surface area contributed by atoms with Crippen LogP contribution in [0.15, 0.2) is 24.5 Å². The Bertz CT molecular complexity index is 332. The standard InChI is InChI=1S/C12H19N3O.ClH/c1-10(11-5-8-14-9-6-11)15(2)12(16)4-3-7-13;/h5-6,8-10H,3-4,7,13H2,1-2H3;1H. The quantitative estimate of drug-likeness (QED) is 0.875. The van der Waals surface area contributed by atoms with E-state index in [9.17, 15) is 4.79 Å². The Hall–Kier alpha value is -1.13. The molecule has 1 aromatic rings. The molecule has 0 saturated heterocycles. The maximum Gasteiger partial charge on any atom is 0.222 e. The highest BCUT2D eigenvalue weighted by atomic mass is 35.5. The number of nitrogens with two attached hydrogens (primary N) is 1. The minimum Gasteiger partial charge on any atom is -0.339 e. The van der Waals surface area contributed by atoms with Crippen molar-refractivity contribution in [2.24, 2.45) is 5.73 Å². The Kier molecular flexibility index (Phi) is 7.50. The molecule has 1 aromatic heterocycles. The van der Waals surface area contributed by atoms with Crippen LogP contribution in [0.4, 0.5) is 0 Å². The van der Waals surface area contributed by atoms with Gasteiger partial charge in [-0.2, -0.15) is 0 Å². The number of amides is 1. The Balaban J connectivity index is 0.00000256. The molecule has 96 valence electrons. The molecule has 5 heteroatoms. The smallest absolute Gasteiger partial charge is 0.222 e. The van der Waals surface area contributed by atoms with Gasteiger partial charge in [-0.15, -0.1) is 12.4 Å². The van der Waals surface area contributed by atoms with Crippen LogP contribution < -0.4 is 5.73 Å². The predicted octanol–water partition coefficient (Wildman–Crippen LogP) is 1.76. The highest BCUT2D eigenvalue weighted by Gasteiger charge is 2.16. The molecule has 0 aliphatic heterocycles. The third-order valence-corrected chi connectivity index (χ3v) is 2.76. The summed E-state index contributed by atoms with van der Waals surface area (Å²) in [7, 11) is 1.82. The molecule has 1 unspecified atom stereocenters. The summed E-state index contributed by atoms with van der Waals surface area (Å²) in [6.45, 7) is 2.57. The van der Waals surface area contributed by atoms with E-state index in [1.54, 1.807) is 17.3 Å². The third-order valence-electron chi connectivity index (χ3n) is 2.76. The van der Waals surface area contributed by atoms with Crippen LogP contribution in [0.3, 0.4) is 0 Å². The van der Waals surface area contributed by atoms with Crippen LogP contribution >= 0.6 is 12.4 Å². The lowest BCUT2D eigenvalue weighted by atomic mass is 10.1. The second kappa shape index (κ2) is 8.03. The Morgan fingerprint density at radius 1 is 1.47 bits per heavy atom. The SMILES string of the molecule is CC(c1ccncc1)N(C)C(=O)CCCN.Cl. The van der Waals surface area contributed by atoms with Gasteiger partial charge in [-0.25, -0.2) is 0 Å². The predicted molar refractivity (Wildman–Crippen MR) is 71.0 cm³/mol. The normalized spacial score (nSPS) is 11.5. The van der Waals surface area contributed by atoms with E-state index in [1.807, 2.05) is 26.1 Å². The maximum absolute atomic E-state index is 11.8. The molecule has 1 rings (SSSR count). The molecule has 0 spiro atoms. The van der Waals surface area contributed by atoms with Gasteiger partial charge in [0.05, 0.1) is 6.04 Å².